The molecule has 1 aromatic carbocycles. The topological polar surface area (TPSA) is 95.6 Å². The van der Waals surface area contributed by atoms with Crippen molar-refractivity contribution in [2.75, 3.05) is 5.73 Å². The van der Waals surface area contributed by atoms with Crippen molar-refractivity contribution in [3.05, 3.63) is 66.0 Å². The number of nitrogens with two attached hydrogens (primary N) is 2. The van der Waals surface area contributed by atoms with E-state index in [1.165, 1.54) is 6.20 Å². The number of alkyl halides is 3. The smallest absolute Gasteiger partial charge is 0.383 e. The lowest BCUT2D eigenvalue weighted by atomic mass is 10.2. The van der Waals surface area contributed by atoms with Crippen molar-refractivity contribution in [1.82, 2.24) is 19.5 Å². The highest BCUT2D eigenvalue weighted by Crippen LogP contribution is 2.34. The Kier molecular flexibility index (Phi) is 4.23. The zero-order valence-electron chi connectivity index (χ0n) is 14.5. The van der Waals surface area contributed by atoms with Crippen molar-refractivity contribution in [2.24, 2.45) is 5.73 Å². The lowest BCUT2D eigenvalue weighted by molar-refractivity contribution is -0.137. The second kappa shape index (κ2) is 6.61. The molecule has 0 radical (unpaired) electrons. The molecule has 0 unspecified atom stereocenters. The predicted octanol–water partition coefficient (Wildman–Crippen LogP) is 3.54. The number of benzene rings is 1. The van der Waals surface area contributed by atoms with Crippen LogP contribution in [0.15, 0.2) is 54.9 Å². The van der Waals surface area contributed by atoms with E-state index in [0.29, 0.717) is 23.6 Å². The third-order valence-corrected chi connectivity index (χ3v) is 4.33. The molecule has 28 heavy (non-hydrogen) atoms. The zero-order chi connectivity index (χ0) is 19.9. The Morgan fingerprint density at radius 1 is 1.04 bits per heavy atom. The van der Waals surface area contributed by atoms with Gasteiger partial charge in [-0.05, 0) is 35.9 Å². The SMILES string of the molecule is NCc1ccc(-n2c(-c3cccnc3N)nc3cc(C(F)(F)F)cnc32)cc1. The van der Waals surface area contributed by atoms with Gasteiger partial charge >= 0.3 is 6.18 Å². The Morgan fingerprint density at radius 3 is 2.43 bits per heavy atom. The molecule has 142 valence electrons. The third-order valence-electron chi connectivity index (χ3n) is 4.33. The van der Waals surface area contributed by atoms with Gasteiger partial charge in [0.1, 0.15) is 11.3 Å². The van der Waals surface area contributed by atoms with Crippen LogP contribution >= 0.6 is 0 Å². The molecule has 6 nitrogen and oxygen atoms in total. The summed E-state index contributed by atoms with van der Waals surface area (Å²) in [5.41, 5.74) is 13.2. The third kappa shape index (κ3) is 3.05. The van der Waals surface area contributed by atoms with Crippen LogP contribution in [0.5, 0.6) is 0 Å². The molecule has 4 rings (SSSR count). The van der Waals surface area contributed by atoms with Crippen molar-refractivity contribution >= 4 is 17.0 Å². The fourth-order valence-corrected chi connectivity index (χ4v) is 2.93. The van der Waals surface area contributed by atoms with E-state index in [2.05, 4.69) is 15.0 Å². The van der Waals surface area contributed by atoms with E-state index in [9.17, 15) is 13.2 Å². The minimum Gasteiger partial charge on any atom is -0.383 e. The molecule has 0 bridgehead atoms. The van der Waals surface area contributed by atoms with Crippen LogP contribution < -0.4 is 11.5 Å². The van der Waals surface area contributed by atoms with Gasteiger partial charge in [0.2, 0.25) is 0 Å². The molecule has 0 atom stereocenters. The van der Waals surface area contributed by atoms with Crippen LogP contribution in [0.1, 0.15) is 11.1 Å². The highest BCUT2D eigenvalue weighted by Gasteiger charge is 2.32. The second-order valence-electron chi connectivity index (χ2n) is 6.14. The fourth-order valence-electron chi connectivity index (χ4n) is 2.93. The number of aromatic nitrogens is 4. The maximum Gasteiger partial charge on any atom is 0.417 e. The molecule has 0 spiro atoms. The number of halogens is 3. The van der Waals surface area contributed by atoms with E-state index < -0.39 is 11.7 Å². The average molecular weight is 384 g/mol. The summed E-state index contributed by atoms with van der Waals surface area (Å²) in [6.45, 7) is 0.376. The number of hydrogen-bond acceptors (Lipinski definition) is 5. The molecular weight excluding hydrogens is 369 g/mol. The number of imidazole rings is 1. The summed E-state index contributed by atoms with van der Waals surface area (Å²) in [6.07, 6.45) is -2.19. The number of rotatable bonds is 3. The van der Waals surface area contributed by atoms with Crippen molar-refractivity contribution in [3.8, 4) is 17.1 Å². The van der Waals surface area contributed by atoms with Crippen LogP contribution in [0.25, 0.3) is 28.2 Å². The maximum absolute atomic E-state index is 13.1. The highest BCUT2D eigenvalue weighted by atomic mass is 19.4. The number of nitrogen functional groups attached to an aromatic ring is 1. The average Bonchev–Trinajstić information content (AvgIpc) is 3.06. The Balaban J connectivity index is 2.01. The van der Waals surface area contributed by atoms with Crippen LogP contribution in [0.3, 0.4) is 0 Å². The first-order valence-electron chi connectivity index (χ1n) is 8.34. The van der Waals surface area contributed by atoms with Crippen molar-refractivity contribution in [2.45, 2.75) is 12.7 Å². The van der Waals surface area contributed by atoms with Crippen LogP contribution in [0.4, 0.5) is 19.0 Å². The summed E-state index contributed by atoms with van der Waals surface area (Å²) in [5.74, 6) is 0.571. The number of pyridine rings is 2. The van der Waals surface area contributed by atoms with E-state index in [0.717, 1.165) is 17.8 Å². The van der Waals surface area contributed by atoms with Crippen LogP contribution in [-0.4, -0.2) is 19.5 Å². The Labute approximate surface area is 157 Å². The van der Waals surface area contributed by atoms with E-state index in [1.54, 1.807) is 28.8 Å². The van der Waals surface area contributed by atoms with E-state index in [4.69, 9.17) is 11.5 Å². The molecule has 0 saturated heterocycles. The molecule has 4 N–H and O–H groups in total. The van der Waals surface area contributed by atoms with Gasteiger partial charge in [-0.1, -0.05) is 12.1 Å². The largest absolute Gasteiger partial charge is 0.417 e. The predicted molar refractivity (Wildman–Crippen MR) is 99.4 cm³/mol. The summed E-state index contributed by atoms with van der Waals surface area (Å²) >= 11 is 0. The maximum atomic E-state index is 13.1. The molecule has 3 aromatic heterocycles. The molecule has 0 fully saturated rings. The normalized spacial score (nSPS) is 11.9. The van der Waals surface area contributed by atoms with Crippen LogP contribution in [0.2, 0.25) is 0 Å². The van der Waals surface area contributed by atoms with Gasteiger partial charge in [-0.2, -0.15) is 13.2 Å². The number of nitrogens with zero attached hydrogens (tertiary/aromatic N) is 4. The van der Waals surface area contributed by atoms with Crippen LogP contribution in [0, 0.1) is 0 Å². The van der Waals surface area contributed by atoms with Gasteiger partial charge in [-0.3, -0.25) is 4.57 Å². The van der Waals surface area contributed by atoms with Crippen molar-refractivity contribution in [1.29, 1.82) is 0 Å². The summed E-state index contributed by atoms with van der Waals surface area (Å²) in [5, 5.41) is 0. The molecule has 3 heterocycles. The zero-order valence-corrected chi connectivity index (χ0v) is 14.5. The Morgan fingerprint density at radius 2 is 1.79 bits per heavy atom. The van der Waals surface area contributed by atoms with Crippen LogP contribution in [-0.2, 0) is 12.7 Å². The van der Waals surface area contributed by atoms with Gasteiger partial charge in [0, 0.05) is 24.6 Å². The van der Waals surface area contributed by atoms with Gasteiger partial charge in [0.05, 0.1) is 11.1 Å². The molecule has 0 aliphatic heterocycles. The Bertz CT molecular complexity index is 1150. The number of hydrogen-bond donors (Lipinski definition) is 2. The number of fused-ring (bicyclic) bond motifs is 1. The first kappa shape index (κ1) is 17.9. The van der Waals surface area contributed by atoms with Gasteiger partial charge in [-0.25, -0.2) is 15.0 Å². The van der Waals surface area contributed by atoms with Gasteiger partial charge < -0.3 is 11.5 Å². The quantitative estimate of drug-likeness (QED) is 0.563. The van der Waals surface area contributed by atoms with Gasteiger partial charge in [0.15, 0.2) is 11.5 Å². The van der Waals surface area contributed by atoms with E-state index >= 15 is 0 Å². The second-order valence-corrected chi connectivity index (χ2v) is 6.14. The molecule has 9 heteroatoms. The highest BCUT2D eigenvalue weighted by molar-refractivity contribution is 5.83. The summed E-state index contributed by atoms with van der Waals surface area (Å²) in [6, 6.07) is 11.6. The lowest BCUT2D eigenvalue weighted by Gasteiger charge is -2.11. The molecular formula is C19H15F3N6. The lowest BCUT2D eigenvalue weighted by Crippen LogP contribution is -2.06. The molecule has 0 aliphatic carbocycles. The fraction of sp³-hybridized carbons (Fsp3) is 0.105. The summed E-state index contributed by atoms with van der Waals surface area (Å²) in [7, 11) is 0. The number of anilines is 1. The first-order chi connectivity index (χ1) is 13.4. The van der Waals surface area contributed by atoms with E-state index in [1.807, 2.05) is 12.1 Å². The van der Waals surface area contributed by atoms with Crippen molar-refractivity contribution < 1.29 is 13.2 Å². The molecule has 4 aromatic rings. The van der Waals surface area contributed by atoms with E-state index in [-0.39, 0.29) is 17.0 Å². The minimum atomic E-state index is -4.51. The molecule has 0 aliphatic rings. The standard InChI is InChI=1S/C19H15F3N6/c20-19(21,22)12-8-15-18(26-10-12)28(13-5-3-11(9-23)4-6-13)17(27-15)14-2-1-7-25-16(14)24/h1-8,10H,9,23H2,(H2,24,25). The minimum absolute atomic E-state index is 0.107. The van der Waals surface area contributed by atoms with Gasteiger partial charge in [-0.15, -0.1) is 0 Å². The molecule has 0 amide bonds. The Hall–Kier alpha value is -3.46. The molecule has 0 saturated carbocycles. The van der Waals surface area contributed by atoms with Gasteiger partial charge in [0.25, 0.3) is 0 Å². The first-order valence-corrected chi connectivity index (χ1v) is 8.34. The monoisotopic (exact) mass is 384 g/mol. The van der Waals surface area contributed by atoms with Crippen molar-refractivity contribution in [3.63, 3.8) is 0 Å². The summed E-state index contributed by atoms with van der Waals surface area (Å²) < 4.78 is 41.0. The summed E-state index contributed by atoms with van der Waals surface area (Å²) in [4.78, 5) is 12.5.